The van der Waals surface area contributed by atoms with E-state index in [-0.39, 0.29) is 0 Å². The van der Waals surface area contributed by atoms with Crippen molar-refractivity contribution in [2.24, 2.45) is 11.8 Å². The fraction of sp³-hybridized carbons (Fsp3) is 0.556. The van der Waals surface area contributed by atoms with Gasteiger partial charge in [-0.25, -0.2) is 0 Å². The molecule has 0 nitrogen and oxygen atoms in total. The predicted molar refractivity (Wildman–Crippen MR) is 119 cm³/mol. The molecule has 0 spiro atoms. The van der Waals surface area contributed by atoms with Gasteiger partial charge in [-0.05, 0) is 54.2 Å². The van der Waals surface area contributed by atoms with E-state index in [1.165, 1.54) is 74.5 Å². The zero-order valence-corrected chi connectivity index (χ0v) is 17.7. The molecule has 27 heavy (non-hydrogen) atoms. The third kappa shape index (κ3) is 5.96. The standard InChI is InChI=1S/C27H38/c1-4-6-24(8-5-7-23-13-9-21(2)10-14-23)26-17-19-27(20-18-26)25-15-11-22(3)12-16-25/h11-12,15-21,23-24H,4-10,13-14H2,1-3H3. The quantitative estimate of drug-likeness (QED) is 0.441. The lowest BCUT2D eigenvalue weighted by Gasteiger charge is -2.26. The van der Waals surface area contributed by atoms with Gasteiger partial charge in [-0.2, -0.15) is 0 Å². The minimum Gasteiger partial charge on any atom is -0.0654 e. The van der Waals surface area contributed by atoms with Gasteiger partial charge in [-0.3, -0.25) is 0 Å². The van der Waals surface area contributed by atoms with Gasteiger partial charge in [0.25, 0.3) is 0 Å². The first-order chi connectivity index (χ1) is 13.2. The van der Waals surface area contributed by atoms with Gasteiger partial charge < -0.3 is 0 Å². The van der Waals surface area contributed by atoms with Crippen molar-refractivity contribution >= 4 is 0 Å². The van der Waals surface area contributed by atoms with Crippen LogP contribution in [0.25, 0.3) is 11.1 Å². The molecule has 0 N–H and O–H groups in total. The van der Waals surface area contributed by atoms with Crippen molar-refractivity contribution in [1.29, 1.82) is 0 Å². The summed E-state index contributed by atoms with van der Waals surface area (Å²) in [5, 5.41) is 0. The van der Waals surface area contributed by atoms with Crippen LogP contribution in [0.5, 0.6) is 0 Å². The maximum atomic E-state index is 2.42. The molecule has 1 unspecified atom stereocenters. The highest BCUT2D eigenvalue weighted by Crippen LogP contribution is 2.34. The molecular weight excluding hydrogens is 324 g/mol. The first-order valence-electron chi connectivity index (χ1n) is 11.3. The highest BCUT2D eigenvalue weighted by molar-refractivity contribution is 5.64. The number of benzene rings is 2. The normalized spacial score (nSPS) is 21.1. The van der Waals surface area contributed by atoms with Gasteiger partial charge in [0.2, 0.25) is 0 Å². The van der Waals surface area contributed by atoms with Crippen LogP contribution in [0.4, 0.5) is 0 Å². The number of hydrogen-bond acceptors (Lipinski definition) is 0. The third-order valence-corrected chi connectivity index (χ3v) is 6.70. The van der Waals surface area contributed by atoms with E-state index in [0.29, 0.717) is 0 Å². The Morgan fingerprint density at radius 2 is 1.41 bits per heavy atom. The minimum absolute atomic E-state index is 0.740. The lowest BCUT2D eigenvalue weighted by Crippen LogP contribution is -2.12. The molecule has 1 fully saturated rings. The average molecular weight is 363 g/mol. The zero-order chi connectivity index (χ0) is 19.1. The molecule has 0 aliphatic heterocycles. The van der Waals surface area contributed by atoms with Crippen molar-refractivity contribution in [3.05, 3.63) is 59.7 Å². The summed E-state index contributed by atoms with van der Waals surface area (Å²) in [6.45, 7) is 6.90. The Kier molecular flexibility index (Phi) is 7.56. The van der Waals surface area contributed by atoms with E-state index >= 15 is 0 Å². The van der Waals surface area contributed by atoms with Gasteiger partial charge in [0.15, 0.2) is 0 Å². The van der Waals surface area contributed by atoms with Gasteiger partial charge >= 0.3 is 0 Å². The molecule has 0 aromatic heterocycles. The molecule has 0 bridgehead atoms. The topological polar surface area (TPSA) is 0 Å². The molecule has 0 radical (unpaired) electrons. The molecular formula is C27H38. The van der Waals surface area contributed by atoms with Crippen LogP contribution in [0.15, 0.2) is 48.5 Å². The lowest BCUT2D eigenvalue weighted by atomic mass is 9.79. The van der Waals surface area contributed by atoms with Gasteiger partial charge in [-0.15, -0.1) is 0 Å². The average Bonchev–Trinajstić information content (AvgIpc) is 2.70. The summed E-state index contributed by atoms with van der Waals surface area (Å²) in [5.41, 5.74) is 5.53. The Bertz CT molecular complexity index is 656. The number of aryl methyl sites for hydroxylation is 1. The summed E-state index contributed by atoms with van der Waals surface area (Å²) in [4.78, 5) is 0. The van der Waals surface area contributed by atoms with Crippen LogP contribution in [-0.4, -0.2) is 0 Å². The summed E-state index contributed by atoms with van der Waals surface area (Å²) >= 11 is 0. The van der Waals surface area contributed by atoms with Gasteiger partial charge in [0.1, 0.15) is 0 Å². The molecule has 1 aliphatic carbocycles. The first kappa shape index (κ1) is 20.2. The highest BCUT2D eigenvalue weighted by Gasteiger charge is 2.18. The van der Waals surface area contributed by atoms with Crippen molar-refractivity contribution in [2.75, 3.05) is 0 Å². The maximum Gasteiger partial charge on any atom is -0.0162 e. The molecule has 2 aromatic carbocycles. The third-order valence-electron chi connectivity index (χ3n) is 6.70. The van der Waals surface area contributed by atoms with Crippen LogP contribution in [0.2, 0.25) is 0 Å². The van der Waals surface area contributed by atoms with E-state index < -0.39 is 0 Å². The van der Waals surface area contributed by atoms with E-state index in [2.05, 4.69) is 69.3 Å². The van der Waals surface area contributed by atoms with Crippen molar-refractivity contribution in [3.8, 4) is 11.1 Å². The van der Waals surface area contributed by atoms with Gasteiger partial charge in [0, 0.05) is 0 Å². The molecule has 1 saturated carbocycles. The molecule has 0 heteroatoms. The number of rotatable bonds is 8. The lowest BCUT2D eigenvalue weighted by molar-refractivity contribution is 0.270. The predicted octanol–water partition coefficient (Wildman–Crippen LogP) is 8.54. The second-order valence-electron chi connectivity index (χ2n) is 9.03. The first-order valence-corrected chi connectivity index (χ1v) is 11.3. The summed E-state index contributed by atoms with van der Waals surface area (Å²) in [7, 11) is 0. The number of hydrogen-bond donors (Lipinski definition) is 0. The molecule has 0 saturated heterocycles. The Labute approximate surface area is 167 Å². The van der Waals surface area contributed by atoms with Gasteiger partial charge in [-0.1, -0.05) is 113 Å². The zero-order valence-electron chi connectivity index (χ0n) is 17.7. The molecule has 0 amide bonds. The highest BCUT2D eigenvalue weighted by atomic mass is 14.2. The Morgan fingerprint density at radius 3 is 2.00 bits per heavy atom. The summed E-state index contributed by atoms with van der Waals surface area (Å²) in [6.07, 6.45) is 12.7. The Hall–Kier alpha value is -1.56. The Balaban J connectivity index is 1.56. The second-order valence-corrected chi connectivity index (χ2v) is 9.03. The van der Waals surface area contributed by atoms with Crippen LogP contribution in [0.1, 0.15) is 88.7 Å². The van der Waals surface area contributed by atoms with E-state index in [0.717, 1.165) is 17.8 Å². The van der Waals surface area contributed by atoms with E-state index in [1.54, 1.807) is 5.56 Å². The molecule has 3 rings (SSSR count). The van der Waals surface area contributed by atoms with Crippen LogP contribution >= 0.6 is 0 Å². The molecule has 1 atom stereocenters. The fourth-order valence-electron chi connectivity index (χ4n) is 4.79. The largest absolute Gasteiger partial charge is 0.0654 e. The molecule has 0 heterocycles. The Morgan fingerprint density at radius 1 is 0.815 bits per heavy atom. The van der Waals surface area contributed by atoms with Crippen molar-refractivity contribution < 1.29 is 0 Å². The molecule has 2 aromatic rings. The second kappa shape index (κ2) is 10.1. The van der Waals surface area contributed by atoms with Crippen LogP contribution in [-0.2, 0) is 0 Å². The molecule has 146 valence electrons. The maximum absolute atomic E-state index is 2.42. The van der Waals surface area contributed by atoms with Gasteiger partial charge in [0.05, 0.1) is 0 Å². The smallest absolute Gasteiger partial charge is 0.0162 e. The summed E-state index contributed by atoms with van der Waals surface area (Å²) in [6, 6.07) is 18.3. The van der Waals surface area contributed by atoms with E-state index in [9.17, 15) is 0 Å². The van der Waals surface area contributed by atoms with Crippen molar-refractivity contribution in [1.82, 2.24) is 0 Å². The molecule has 1 aliphatic rings. The fourth-order valence-corrected chi connectivity index (χ4v) is 4.79. The SMILES string of the molecule is CCCC(CCCC1CCC(C)CC1)c1ccc(-c2ccc(C)cc2)cc1. The van der Waals surface area contributed by atoms with E-state index in [1.807, 2.05) is 0 Å². The van der Waals surface area contributed by atoms with Crippen LogP contribution in [0, 0.1) is 18.8 Å². The summed E-state index contributed by atoms with van der Waals surface area (Å²) in [5.74, 6) is 2.72. The monoisotopic (exact) mass is 362 g/mol. The van der Waals surface area contributed by atoms with E-state index in [4.69, 9.17) is 0 Å². The minimum atomic E-state index is 0.740. The van der Waals surface area contributed by atoms with Crippen LogP contribution in [0.3, 0.4) is 0 Å². The van der Waals surface area contributed by atoms with Crippen molar-refractivity contribution in [3.63, 3.8) is 0 Å². The van der Waals surface area contributed by atoms with Crippen molar-refractivity contribution in [2.45, 2.75) is 84.5 Å². The summed E-state index contributed by atoms with van der Waals surface area (Å²) < 4.78 is 0. The van der Waals surface area contributed by atoms with Crippen LogP contribution < -0.4 is 0 Å².